The lowest BCUT2D eigenvalue weighted by molar-refractivity contribution is 0.140. The zero-order valence-corrected chi connectivity index (χ0v) is 12.7. The molecule has 1 N–H and O–H groups in total. The highest BCUT2D eigenvalue weighted by molar-refractivity contribution is 4.91. The van der Waals surface area contributed by atoms with Crippen LogP contribution in [0.5, 0.6) is 0 Å². The molecular weight excluding hydrogens is 220 g/mol. The van der Waals surface area contributed by atoms with Gasteiger partial charge in [-0.2, -0.15) is 0 Å². The summed E-state index contributed by atoms with van der Waals surface area (Å²) >= 11 is 0. The number of hydrogen-bond donors (Lipinski definition) is 1. The Morgan fingerprint density at radius 3 is 2.17 bits per heavy atom. The van der Waals surface area contributed by atoms with Crippen molar-refractivity contribution in [2.45, 2.75) is 58.8 Å². The van der Waals surface area contributed by atoms with Crippen molar-refractivity contribution in [2.75, 3.05) is 33.2 Å². The zero-order chi connectivity index (χ0) is 13.1. The van der Waals surface area contributed by atoms with Gasteiger partial charge in [-0.1, -0.05) is 39.5 Å². The molecule has 1 saturated heterocycles. The van der Waals surface area contributed by atoms with Gasteiger partial charge in [-0.3, -0.25) is 0 Å². The molecule has 18 heavy (non-hydrogen) atoms. The van der Waals surface area contributed by atoms with Crippen molar-refractivity contribution >= 4 is 0 Å². The van der Waals surface area contributed by atoms with E-state index in [9.17, 15) is 0 Å². The van der Waals surface area contributed by atoms with E-state index in [0.29, 0.717) is 10.8 Å². The lowest BCUT2D eigenvalue weighted by Gasteiger charge is -2.37. The third-order valence-electron chi connectivity index (χ3n) is 5.03. The molecule has 0 bridgehead atoms. The number of nitrogens with one attached hydrogen (secondary N) is 1. The first-order chi connectivity index (χ1) is 8.55. The van der Waals surface area contributed by atoms with Crippen LogP contribution in [0.3, 0.4) is 0 Å². The van der Waals surface area contributed by atoms with Gasteiger partial charge in [0.05, 0.1) is 0 Å². The molecule has 1 saturated carbocycles. The number of hydrogen-bond acceptors (Lipinski definition) is 2. The number of rotatable bonds is 4. The average molecular weight is 252 g/mol. The van der Waals surface area contributed by atoms with Crippen LogP contribution in [0.15, 0.2) is 0 Å². The second-order valence-corrected chi connectivity index (χ2v) is 7.57. The summed E-state index contributed by atoms with van der Waals surface area (Å²) in [7, 11) is 2.13. The van der Waals surface area contributed by atoms with Crippen LogP contribution in [0.4, 0.5) is 0 Å². The fourth-order valence-electron chi connectivity index (χ4n) is 4.08. The first kappa shape index (κ1) is 14.3. The van der Waals surface area contributed by atoms with Gasteiger partial charge in [0.25, 0.3) is 0 Å². The molecule has 2 aliphatic rings. The topological polar surface area (TPSA) is 15.3 Å². The molecule has 1 aliphatic heterocycles. The van der Waals surface area contributed by atoms with Crippen molar-refractivity contribution in [1.82, 2.24) is 10.2 Å². The van der Waals surface area contributed by atoms with Crippen molar-refractivity contribution in [3.8, 4) is 0 Å². The maximum absolute atomic E-state index is 3.47. The summed E-state index contributed by atoms with van der Waals surface area (Å²) in [5.41, 5.74) is 1.11. The SMILES string of the molecule is CNCC1(CN2CCC(C)(C)C2)CCCCCC1. The molecular formula is C16H32N2. The van der Waals surface area contributed by atoms with Crippen LogP contribution in [0.1, 0.15) is 58.8 Å². The van der Waals surface area contributed by atoms with Crippen LogP contribution in [-0.4, -0.2) is 38.1 Å². The van der Waals surface area contributed by atoms with E-state index in [1.807, 2.05) is 0 Å². The minimum absolute atomic E-state index is 0.547. The second-order valence-electron chi connectivity index (χ2n) is 7.57. The van der Waals surface area contributed by atoms with Crippen molar-refractivity contribution in [1.29, 1.82) is 0 Å². The smallest absolute Gasteiger partial charge is 0.00504 e. The molecule has 2 heteroatoms. The predicted molar refractivity (Wildman–Crippen MR) is 78.9 cm³/mol. The predicted octanol–water partition coefficient (Wildman–Crippen LogP) is 3.28. The van der Waals surface area contributed by atoms with Gasteiger partial charge in [0.2, 0.25) is 0 Å². The van der Waals surface area contributed by atoms with E-state index in [-0.39, 0.29) is 0 Å². The van der Waals surface area contributed by atoms with Crippen LogP contribution in [-0.2, 0) is 0 Å². The Bertz CT molecular complexity index is 252. The summed E-state index contributed by atoms with van der Waals surface area (Å²) in [5, 5.41) is 3.47. The molecule has 2 nitrogen and oxygen atoms in total. The largest absolute Gasteiger partial charge is 0.319 e. The molecule has 0 spiro atoms. The van der Waals surface area contributed by atoms with Crippen LogP contribution < -0.4 is 5.32 Å². The first-order valence-corrected chi connectivity index (χ1v) is 7.92. The first-order valence-electron chi connectivity index (χ1n) is 7.92. The molecule has 0 radical (unpaired) electrons. The third kappa shape index (κ3) is 3.71. The van der Waals surface area contributed by atoms with E-state index >= 15 is 0 Å². The highest BCUT2D eigenvalue weighted by atomic mass is 15.2. The van der Waals surface area contributed by atoms with Gasteiger partial charge in [0.1, 0.15) is 0 Å². The monoisotopic (exact) mass is 252 g/mol. The summed E-state index contributed by atoms with van der Waals surface area (Å²) in [6.45, 7) is 10.0. The fourth-order valence-corrected chi connectivity index (χ4v) is 4.08. The number of likely N-dealkylation sites (tertiary alicyclic amines) is 1. The van der Waals surface area contributed by atoms with Crippen LogP contribution >= 0.6 is 0 Å². The normalized spacial score (nSPS) is 28.2. The molecule has 2 rings (SSSR count). The maximum atomic E-state index is 3.47. The molecule has 0 amide bonds. The van der Waals surface area contributed by atoms with Crippen molar-refractivity contribution < 1.29 is 0 Å². The van der Waals surface area contributed by atoms with E-state index in [2.05, 4.69) is 31.1 Å². The van der Waals surface area contributed by atoms with Gasteiger partial charge in [-0.05, 0) is 43.7 Å². The Morgan fingerprint density at radius 1 is 1.00 bits per heavy atom. The minimum atomic E-state index is 0.547. The Hall–Kier alpha value is -0.0800. The average Bonchev–Trinajstić information content (AvgIpc) is 2.51. The van der Waals surface area contributed by atoms with E-state index in [1.54, 1.807) is 0 Å². The molecule has 1 aliphatic carbocycles. The second kappa shape index (κ2) is 5.92. The third-order valence-corrected chi connectivity index (χ3v) is 5.03. The molecule has 0 aromatic carbocycles. The van der Waals surface area contributed by atoms with Crippen LogP contribution in [0, 0.1) is 10.8 Å². The van der Waals surface area contributed by atoms with Crippen molar-refractivity contribution in [2.24, 2.45) is 10.8 Å². The molecule has 0 atom stereocenters. The summed E-state index contributed by atoms with van der Waals surface area (Å²) in [6, 6.07) is 0. The van der Waals surface area contributed by atoms with Gasteiger partial charge in [0, 0.05) is 19.6 Å². The molecule has 106 valence electrons. The Kier molecular flexibility index (Phi) is 4.71. The van der Waals surface area contributed by atoms with E-state index < -0.39 is 0 Å². The van der Waals surface area contributed by atoms with Gasteiger partial charge in [-0.25, -0.2) is 0 Å². The van der Waals surface area contributed by atoms with E-state index in [1.165, 1.54) is 71.1 Å². The Balaban J connectivity index is 1.96. The highest BCUT2D eigenvalue weighted by Crippen LogP contribution is 2.38. The molecule has 2 fully saturated rings. The molecule has 0 aromatic heterocycles. The van der Waals surface area contributed by atoms with Gasteiger partial charge < -0.3 is 10.2 Å². The van der Waals surface area contributed by atoms with Gasteiger partial charge in [-0.15, -0.1) is 0 Å². The zero-order valence-electron chi connectivity index (χ0n) is 12.7. The summed E-state index contributed by atoms with van der Waals surface area (Å²) in [5.74, 6) is 0. The van der Waals surface area contributed by atoms with Gasteiger partial charge >= 0.3 is 0 Å². The standard InChI is InChI=1S/C16H32N2/c1-15(2)10-11-18(13-15)14-16(12-17-3)8-6-4-5-7-9-16/h17H,4-14H2,1-3H3. The van der Waals surface area contributed by atoms with Crippen LogP contribution in [0.2, 0.25) is 0 Å². The molecule has 1 heterocycles. The Labute approximate surface area is 114 Å². The minimum Gasteiger partial charge on any atom is -0.319 e. The van der Waals surface area contributed by atoms with Crippen molar-refractivity contribution in [3.05, 3.63) is 0 Å². The fraction of sp³-hybridized carbons (Fsp3) is 1.00. The van der Waals surface area contributed by atoms with Crippen LogP contribution in [0.25, 0.3) is 0 Å². The lowest BCUT2D eigenvalue weighted by Crippen LogP contribution is -2.43. The van der Waals surface area contributed by atoms with Gasteiger partial charge in [0.15, 0.2) is 0 Å². The highest BCUT2D eigenvalue weighted by Gasteiger charge is 2.36. The van der Waals surface area contributed by atoms with E-state index in [4.69, 9.17) is 0 Å². The molecule has 0 aromatic rings. The summed E-state index contributed by atoms with van der Waals surface area (Å²) in [4.78, 5) is 2.74. The summed E-state index contributed by atoms with van der Waals surface area (Å²) < 4.78 is 0. The van der Waals surface area contributed by atoms with E-state index in [0.717, 1.165) is 0 Å². The summed E-state index contributed by atoms with van der Waals surface area (Å²) in [6.07, 6.45) is 10.0. The van der Waals surface area contributed by atoms with Crippen molar-refractivity contribution in [3.63, 3.8) is 0 Å². The number of nitrogens with zero attached hydrogens (tertiary/aromatic N) is 1. The molecule has 0 unspecified atom stereocenters. The maximum Gasteiger partial charge on any atom is 0.00504 e. The quantitative estimate of drug-likeness (QED) is 0.773. The lowest BCUT2D eigenvalue weighted by atomic mass is 9.79. The Morgan fingerprint density at radius 2 is 1.67 bits per heavy atom.